The summed E-state index contributed by atoms with van der Waals surface area (Å²) in [6.45, 7) is 4.98. The first kappa shape index (κ1) is 20.3. The number of nitrogens with zero attached hydrogens (tertiary/aromatic N) is 2. The molecule has 0 radical (unpaired) electrons. The molecule has 0 spiro atoms. The summed E-state index contributed by atoms with van der Waals surface area (Å²) in [5.74, 6) is -0.224. The molecule has 5 heteroatoms. The first-order valence-electron chi connectivity index (χ1n) is 9.66. The third kappa shape index (κ3) is 5.51. The van der Waals surface area contributed by atoms with Crippen molar-refractivity contribution in [3.8, 4) is 0 Å². The number of nitrogens with one attached hydrogen (secondary N) is 1. The maximum atomic E-state index is 13.0. The van der Waals surface area contributed by atoms with Gasteiger partial charge in [0.05, 0.1) is 0 Å². The van der Waals surface area contributed by atoms with E-state index in [1.54, 1.807) is 36.7 Å². The van der Waals surface area contributed by atoms with Gasteiger partial charge in [0, 0.05) is 42.7 Å². The van der Waals surface area contributed by atoms with Crippen LogP contribution in [-0.4, -0.2) is 27.7 Å². The summed E-state index contributed by atoms with van der Waals surface area (Å²) in [4.78, 5) is 31.2. The number of hydrogen-bond donors (Lipinski definition) is 1. The monoisotopic (exact) mass is 387 g/mol. The number of rotatable bonds is 7. The fraction of sp³-hybridized carbons (Fsp3) is 0.208. The molecule has 0 saturated heterocycles. The first-order valence-corrected chi connectivity index (χ1v) is 9.66. The normalized spacial score (nSPS) is 10.6. The molecule has 1 heterocycles. The van der Waals surface area contributed by atoms with Crippen molar-refractivity contribution in [1.82, 2.24) is 15.2 Å². The molecule has 0 fully saturated rings. The van der Waals surface area contributed by atoms with E-state index in [9.17, 15) is 9.59 Å². The van der Waals surface area contributed by atoms with E-state index in [1.165, 1.54) is 0 Å². The second-order valence-corrected chi connectivity index (χ2v) is 7.13. The summed E-state index contributed by atoms with van der Waals surface area (Å²) >= 11 is 0. The highest BCUT2D eigenvalue weighted by molar-refractivity contribution is 5.97. The summed E-state index contributed by atoms with van der Waals surface area (Å²) in [5.41, 5.74) is 3.16. The lowest BCUT2D eigenvalue weighted by Crippen LogP contribution is -2.36. The van der Waals surface area contributed by atoms with Crippen molar-refractivity contribution in [1.29, 1.82) is 0 Å². The van der Waals surface area contributed by atoms with Crippen LogP contribution in [0.5, 0.6) is 0 Å². The molecule has 0 bridgehead atoms. The maximum Gasteiger partial charge on any atom is 0.254 e. The van der Waals surface area contributed by atoms with Crippen molar-refractivity contribution in [2.45, 2.75) is 33.0 Å². The zero-order chi connectivity index (χ0) is 20.6. The van der Waals surface area contributed by atoms with E-state index in [0.717, 1.165) is 11.1 Å². The van der Waals surface area contributed by atoms with E-state index in [2.05, 4.69) is 10.3 Å². The zero-order valence-corrected chi connectivity index (χ0v) is 16.7. The highest BCUT2D eigenvalue weighted by atomic mass is 16.2. The molecule has 148 valence electrons. The van der Waals surface area contributed by atoms with Gasteiger partial charge in [-0.05, 0) is 61.4 Å². The number of amides is 2. The highest BCUT2D eigenvalue weighted by Crippen LogP contribution is 2.14. The number of carbonyl (C=O) groups is 2. The molecule has 0 atom stereocenters. The van der Waals surface area contributed by atoms with Crippen molar-refractivity contribution < 1.29 is 9.59 Å². The molecule has 5 nitrogen and oxygen atoms in total. The minimum Gasteiger partial charge on any atom is -0.348 e. The predicted octanol–water partition coefficient (Wildman–Crippen LogP) is 4.06. The summed E-state index contributed by atoms with van der Waals surface area (Å²) in [5, 5.41) is 2.88. The van der Waals surface area contributed by atoms with Crippen molar-refractivity contribution in [3.05, 3.63) is 101 Å². The van der Waals surface area contributed by atoms with E-state index in [-0.39, 0.29) is 17.9 Å². The predicted molar refractivity (Wildman–Crippen MR) is 113 cm³/mol. The fourth-order valence-corrected chi connectivity index (χ4v) is 2.98. The Hall–Kier alpha value is -3.47. The molecule has 3 aromatic rings. The van der Waals surface area contributed by atoms with Crippen LogP contribution >= 0.6 is 0 Å². The van der Waals surface area contributed by atoms with Crippen LogP contribution in [-0.2, 0) is 13.1 Å². The van der Waals surface area contributed by atoms with Gasteiger partial charge in [-0.3, -0.25) is 14.6 Å². The Morgan fingerprint density at radius 1 is 0.862 bits per heavy atom. The number of pyridine rings is 1. The quantitative estimate of drug-likeness (QED) is 0.665. The van der Waals surface area contributed by atoms with Crippen LogP contribution in [0.3, 0.4) is 0 Å². The summed E-state index contributed by atoms with van der Waals surface area (Å²) < 4.78 is 0. The largest absolute Gasteiger partial charge is 0.348 e. The van der Waals surface area contributed by atoms with Gasteiger partial charge < -0.3 is 10.2 Å². The third-order valence-electron chi connectivity index (χ3n) is 4.68. The van der Waals surface area contributed by atoms with Crippen molar-refractivity contribution >= 4 is 11.8 Å². The van der Waals surface area contributed by atoms with E-state index in [4.69, 9.17) is 0 Å². The average molecular weight is 387 g/mol. The van der Waals surface area contributed by atoms with E-state index < -0.39 is 0 Å². The molecule has 3 rings (SSSR count). The minimum atomic E-state index is -0.175. The third-order valence-corrected chi connectivity index (χ3v) is 4.68. The van der Waals surface area contributed by atoms with Gasteiger partial charge in [0.1, 0.15) is 0 Å². The van der Waals surface area contributed by atoms with Crippen LogP contribution in [0.15, 0.2) is 79.1 Å². The smallest absolute Gasteiger partial charge is 0.254 e. The fourth-order valence-electron chi connectivity index (χ4n) is 2.98. The Morgan fingerprint density at radius 2 is 1.48 bits per heavy atom. The molecule has 0 unspecified atom stereocenters. The van der Waals surface area contributed by atoms with Gasteiger partial charge in [-0.25, -0.2) is 0 Å². The summed E-state index contributed by atoms with van der Waals surface area (Å²) in [7, 11) is 0. The maximum absolute atomic E-state index is 13.0. The van der Waals surface area contributed by atoms with Crippen LogP contribution in [0.1, 0.15) is 45.7 Å². The van der Waals surface area contributed by atoms with E-state index >= 15 is 0 Å². The lowest BCUT2D eigenvalue weighted by atomic mass is 10.1. The SMILES string of the molecule is CC(C)N(Cc1ccccc1)C(=O)c1ccc(C(=O)NCc2ccncc2)cc1. The lowest BCUT2D eigenvalue weighted by Gasteiger charge is -2.27. The zero-order valence-electron chi connectivity index (χ0n) is 16.7. The van der Waals surface area contributed by atoms with E-state index in [1.807, 2.05) is 61.2 Å². The summed E-state index contributed by atoms with van der Waals surface area (Å²) in [6.07, 6.45) is 3.38. The van der Waals surface area contributed by atoms with Gasteiger partial charge in [0.25, 0.3) is 11.8 Å². The molecule has 0 aliphatic heterocycles. The number of benzene rings is 2. The second kappa shape index (κ2) is 9.64. The van der Waals surface area contributed by atoms with Crippen LogP contribution in [0.4, 0.5) is 0 Å². The van der Waals surface area contributed by atoms with Gasteiger partial charge in [-0.15, -0.1) is 0 Å². The summed E-state index contributed by atoms with van der Waals surface area (Å²) in [6, 6.07) is 20.5. The van der Waals surface area contributed by atoms with Crippen LogP contribution in [0.2, 0.25) is 0 Å². The van der Waals surface area contributed by atoms with Crippen LogP contribution in [0, 0.1) is 0 Å². The van der Waals surface area contributed by atoms with Crippen molar-refractivity contribution in [3.63, 3.8) is 0 Å². The molecule has 29 heavy (non-hydrogen) atoms. The molecule has 0 saturated carbocycles. The Bertz CT molecular complexity index is 939. The Kier molecular flexibility index (Phi) is 6.74. The molecule has 2 amide bonds. The van der Waals surface area contributed by atoms with Crippen molar-refractivity contribution in [2.24, 2.45) is 0 Å². The Balaban J connectivity index is 1.66. The molecule has 1 N–H and O–H groups in total. The second-order valence-electron chi connectivity index (χ2n) is 7.13. The highest BCUT2D eigenvalue weighted by Gasteiger charge is 2.19. The number of hydrogen-bond acceptors (Lipinski definition) is 3. The van der Waals surface area contributed by atoms with Crippen LogP contribution < -0.4 is 5.32 Å². The molecule has 0 aliphatic carbocycles. The van der Waals surface area contributed by atoms with Gasteiger partial charge >= 0.3 is 0 Å². The lowest BCUT2D eigenvalue weighted by molar-refractivity contribution is 0.0690. The van der Waals surface area contributed by atoms with Gasteiger partial charge in [0.2, 0.25) is 0 Å². The Labute approximate surface area is 171 Å². The van der Waals surface area contributed by atoms with Crippen LogP contribution in [0.25, 0.3) is 0 Å². The van der Waals surface area contributed by atoms with Crippen molar-refractivity contribution in [2.75, 3.05) is 0 Å². The minimum absolute atomic E-state index is 0.0485. The molecular weight excluding hydrogens is 362 g/mol. The average Bonchev–Trinajstić information content (AvgIpc) is 2.76. The molecule has 1 aromatic heterocycles. The molecular formula is C24H25N3O2. The standard InChI is InChI=1S/C24H25N3O2/c1-18(2)27(17-20-6-4-3-5-7-20)24(29)22-10-8-21(9-11-22)23(28)26-16-19-12-14-25-15-13-19/h3-15,18H,16-17H2,1-2H3,(H,26,28). The first-order chi connectivity index (χ1) is 14.0. The van der Waals surface area contributed by atoms with Gasteiger partial charge in [-0.1, -0.05) is 30.3 Å². The van der Waals surface area contributed by atoms with Gasteiger partial charge in [0.15, 0.2) is 0 Å². The number of carbonyl (C=O) groups excluding carboxylic acids is 2. The van der Waals surface area contributed by atoms with E-state index in [0.29, 0.717) is 24.2 Å². The van der Waals surface area contributed by atoms with Gasteiger partial charge in [-0.2, -0.15) is 0 Å². The molecule has 0 aliphatic rings. The topological polar surface area (TPSA) is 62.3 Å². The number of aromatic nitrogens is 1. The Morgan fingerprint density at radius 3 is 2.10 bits per heavy atom. The molecule has 2 aromatic carbocycles.